The van der Waals surface area contributed by atoms with E-state index in [0.29, 0.717) is 19.4 Å². The molecular formula is C21H22IN3O4. The zero-order valence-electron chi connectivity index (χ0n) is 16.0. The van der Waals surface area contributed by atoms with Crippen LogP contribution in [0.2, 0.25) is 0 Å². The zero-order chi connectivity index (χ0) is 20.4. The molecule has 2 aromatic heterocycles. The Balaban J connectivity index is 1.55. The van der Waals surface area contributed by atoms with Crippen LogP contribution in [0.5, 0.6) is 11.5 Å². The van der Waals surface area contributed by atoms with Crippen molar-refractivity contribution < 1.29 is 19.4 Å². The van der Waals surface area contributed by atoms with Gasteiger partial charge < -0.3 is 14.6 Å². The minimum absolute atomic E-state index is 0.0249. The molecule has 1 aromatic carbocycles. The molecule has 1 aliphatic carbocycles. The maximum Gasteiger partial charge on any atom is 0.306 e. The van der Waals surface area contributed by atoms with Gasteiger partial charge in [-0.15, -0.1) is 0 Å². The zero-order valence-corrected chi connectivity index (χ0v) is 18.2. The summed E-state index contributed by atoms with van der Waals surface area (Å²) in [5.41, 5.74) is 1.88. The van der Waals surface area contributed by atoms with Crippen LogP contribution in [0.25, 0.3) is 11.0 Å². The lowest BCUT2D eigenvalue weighted by atomic mass is 9.87. The van der Waals surface area contributed by atoms with Crippen molar-refractivity contribution in [2.24, 2.45) is 5.92 Å². The Morgan fingerprint density at radius 2 is 1.93 bits per heavy atom. The van der Waals surface area contributed by atoms with E-state index in [0.717, 1.165) is 44.6 Å². The highest BCUT2D eigenvalue weighted by atomic mass is 127. The summed E-state index contributed by atoms with van der Waals surface area (Å²) < 4.78 is 14.2. The third-order valence-corrected chi connectivity index (χ3v) is 6.12. The van der Waals surface area contributed by atoms with Crippen LogP contribution in [0.1, 0.15) is 31.2 Å². The van der Waals surface area contributed by atoms with Gasteiger partial charge in [0.05, 0.1) is 31.1 Å². The molecule has 3 aromatic rings. The number of halogens is 1. The average molecular weight is 507 g/mol. The van der Waals surface area contributed by atoms with E-state index in [9.17, 15) is 9.90 Å². The van der Waals surface area contributed by atoms with E-state index in [-0.39, 0.29) is 12.0 Å². The Labute approximate surface area is 182 Å². The Hall–Kier alpha value is -2.36. The van der Waals surface area contributed by atoms with E-state index in [1.54, 1.807) is 13.3 Å². The van der Waals surface area contributed by atoms with Gasteiger partial charge in [0.15, 0.2) is 5.65 Å². The Morgan fingerprint density at radius 1 is 1.21 bits per heavy atom. The molecule has 4 rings (SSSR count). The second-order valence-electron chi connectivity index (χ2n) is 7.23. The van der Waals surface area contributed by atoms with Crippen molar-refractivity contribution in [3.05, 3.63) is 45.8 Å². The number of carboxylic acids is 1. The molecule has 0 atom stereocenters. The molecule has 7 nitrogen and oxygen atoms in total. The van der Waals surface area contributed by atoms with Gasteiger partial charge in [-0.1, -0.05) is 12.1 Å². The Kier molecular flexibility index (Phi) is 5.89. The number of hydrogen-bond donors (Lipinski definition) is 1. The van der Waals surface area contributed by atoms with Gasteiger partial charge >= 0.3 is 5.97 Å². The fourth-order valence-corrected chi connectivity index (χ4v) is 4.51. The Morgan fingerprint density at radius 3 is 2.59 bits per heavy atom. The maximum atomic E-state index is 11.2. The predicted molar refractivity (Wildman–Crippen MR) is 116 cm³/mol. The molecule has 0 spiro atoms. The molecule has 29 heavy (non-hydrogen) atoms. The van der Waals surface area contributed by atoms with Gasteiger partial charge in [0.1, 0.15) is 15.2 Å². The molecule has 0 aliphatic heterocycles. The minimum atomic E-state index is -0.705. The first-order valence-corrected chi connectivity index (χ1v) is 10.7. The number of pyridine rings is 1. The summed E-state index contributed by atoms with van der Waals surface area (Å²) in [7, 11) is 1.65. The molecule has 0 unspecified atom stereocenters. The number of aromatic nitrogens is 3. The number of rotatable bonds is 6. The van der Waals surface area contributed by atoms with Crippen molar-refractivity contribution in [3.63, 3.8) is 0 Å². The molecule has 0 radical (unpaired) electrons. The lowest BCUT2D eigenvalue weighted by Crippen LogP contribution is -2.27. The maximum absolute atomic E-state index is 11.2. The van der Waals surface area contributed by atoms with Crippen LogP contribution in [-0.4, -0.2) is 39.1 Å². The number of carboxylic acid groups (broad SMARTS) is 1. The molecule has 1 aliphatic rings. The van der Waals surface area contributed by atoms with E-state index in [2.05, 4.69) is 32.7 Å². The van der Waals surface area contributed by atoms with Crippen LogP contribution in [0.4, 0.5) is 0 Å². The summed E-state index contributed by atoms with van der Waals surface area (Å²) in [6.07, 6.45) is 4.57. The van der Waals surface area contributed by atoms with Crippen molar-refractivity contribution in [3.8, 4) is 11.5 Å². The number of nitrogens with zero attached hydrogens (tertiary/aromatic N) is 3. The summed E-state index contributed by atoms with van der Waals surface area (Å²) in [4.78, 5) is 15.7. The summed E-state index contributed by atoms with van der Waals surface area (Å²) in [6, 6.07) is 9.76. The van der Waals surface area contributed by atoms with Crippen LogP contribution < -0.4 is 9.47 Å². The molecular weight excluding hydrogens is 485 g/mol. The first-order chi connectivity index (χ1) is 14.0. The molecule has 152 valence electrons. The number of methoxy groups -OCH3 is 1. The number of ether oxygens (including phenoxy) is 2. The molecule has 0 amide bonds. The van der Waals surface area contributed by atoms with Crippen molar-refractivity contribution in [2.45, 2.75) is 38.3 Å². The highest BCUT2D eigenvalue weighted by molar-refractivity contribution is 14.1. The van der Waals surface area contributed by atoms with Crippen molar-refractivity contribution in [2.75, 3.05) is 7.11 Å². The third-order valence-electron chi connectivity index (χ3n) is 5.36. The molecule has 2 heterocycles. The smallest absolute Gasteiger partial charge is 0.306 e. The van der Waals surface area contributed by atoms with Crippen LogP contribution in [0.15, 0.2) is 36.5 Å². The first kappa shape index (κ1) is 19.9. The van der Waals surface area contributed by atoms with Gasteiger partial charge in [0.25, 0.3) is 0 Å². The number of hydrogen-bond acceptors (Lipinski definition) is 5. The fraction of sp³-hybridized carbons (Fsp3) is 0.381. The van der Waals surface area contributed by atoms with Crippen LogP contribution in [-0.2, 0) is 11.3 Å². The quantitative estimate of drug-likeness (QED) is 0.506. The Bertz CT molecular complexity index is 1010. The summed E-state index contributed by atoms with van der Waals surface area (Å²) in [5.74, 6) is 0.628. The summed E-state index contributed by atoms with van der Waals surface area (Å²) >= 11 is 2.22. The average Bonchev–Trinajstić information content (AvgIpc) is 3.05. The predicted octanol–water partition coefficient (Wildman–Crippen LogP) is 4.12. The van der Waals surface area contributed by atoms with Gasteiger partial charge in [0.2, 0.25) is 0 Å². The fourth-order valence-electron chi connectivity index (χ4n) is 3.75. The number of carbonyl (C=O) groups is 1. The molecule has 8 heteroatoms. The lowest BCUT2D eigenvalue weighted by molar-refractivity contribution is -0.143. The van der Waals surface area contributed by atoms with Crippen molar-refractivity contribution in [1.29, 1.82) is 0 Å². The van der Waals surface area contributed by atoms with E-state index in [1.165, 1.54) is 0 Å². The summed E-state index contributed by atoms with van der Waals surface area (Å²) in [5, 5.41) is 14.8. The largest absolute Gasteiger partial charge is 0.497 e. The summed E-state index contributed by atoms with van der Waals surface area (Å²) in [6.45, 7) is 0.601. The second kappa shape index (κ2) is 8.56. The molecule has 0 bridgehead atoms. The number of aliphatic carboxylic acids is 1. The van der Waals surface area contributed by atoms with Crippen molar-refractivity contribution in [1.82, 2.24) is 14.8 Å². The third kappa shape index (κ3) is 4.31. The molecule has 1 saturated carbocycles. The standard InChI is InChI=1S/C21H22IN3O4/c1-28-15-6-2-13(3-7-15)12-25-20-18(19(22)24-25)17(10-11-23-20)29-16-8-4-14(5-9-16)21(26)27/h2-3,6-7,10-11,14,16H,4-5,8-9,12H2,1H3,(H,26,27). The minimum Gasteiger partial charge on any atom is -0.497 e. The van der Waals surface area contributed by atoms with Crippen molar-refractivity contribution >= 4 is 39.6 Å². The second-order valence-corrected chi connectivity index (χ2v) is 8.26. The first-order valence-electron chi connectivity index (χ1n) is 9.58. The molecule has 1 fully saturated rings. The van der Waals surface area contributed by atoms with E-state index >= 15 is 0 Å². The van der Waals surface area contributed by atoms with Crippen LogP contribution >= 0.6 is 22.6 Å². The van der Waals surface area contributed by atoms with Gasteiger partial charge in [-0.25, -0.2) is 9.67 Å². The van der Waals surface area contributed by atoms with Crippen LogP contribution in [0.3, 0.4) is 0 Å². The van der Waals surface area contributed by atoms with Gasteiger partial charge in [-0.3, -0.25) is 4.79 Å². The molecule has 0 saturated heterocycles. The normalized spacial score (nSPS) is 19.2. The monoisotopic (exact) mass is 507 g/mol. The van der Waals surface area contributed by atoms with Gasteiger partial charge in [-0.05, 0) is 72.0 Å². The van der Waals surface area contributed by atoms with Gasteiger partial charge in [0, 0.05) is 6.20 Å². The number of benzene rings is 1. The molecule has 1 N–H and O–H groups in total. The number of fused-ring (bicyclic) bond motifs is 1. The van der Waals surface area contributed by atoms with E-state index in [4.69, 9.17) is 9.47 Å². The van der Waals surface area contributed by atoms with Crippen LogP contribution in [0, 0.1) is 9.62 Å². The topological polar surface area (TPSA) is 86.5 Å². The SMILES string of the molecule is COc1ccc(Cn2nc(I)c3c(OC4CCC(C(=O)O)CC4)ccnc32)cc1. The lowest BCUT2D eigenvalue weighted by Gasteiger charge is -2.27. The van der Waals surface area contributed by atoms with E-state index < -0.39 is 5.97 Å². The van der Waals surface area contributed by atoms with Gasteiger partial charge in [-0.2, -0.15) is 5.10 Å². The highest BCUT2D eigenvalue weighted by Crippen LogP contribution is 2.33. The highest BCUT2D eigenvalue weighted by Gasteiger charge is 2.27. The van der Waals surface area contributed by atoms with E-state index in [1.807, 2.05) is 35.0 Å².